The molecule has 234 valence electrons. The standard InChI is InChI=1S/C48H32N2/c1-3-11-33(12-4-1)36-15-9-17-39(29-36)47-42-19-7-8-20-43(42)48(40-18-10-16-37(30-40)34-13-5-2-6-14-34)45-31-38(21-23-44(45)47)41-22-24-46(50-32-41)35-25-27-49-28-26-35/h1-32H. The fraction of sp³-hybridized carbons (Fsp3) is 0. The molecule has 0 saturated heterocycles. The van der Waals surface area contributed by atoms with Crippen LogP contribution in [0.15, 0.2) is 195 Å². The number of aromatic nitrogens is 2. The van der Waals surface area contributed by atoms with Gasteiger partial charge in [-0.2, -0.15) is 0 Å². The summed E-state index contributed by atoms with van der Waals surface area (Å²) in [6, 6.07) is 63.3. The predicted octanol–water partition coefficient (Wildman–Crippen LogP) is 12.8. The van der Waals surface area contributed by atoms with Crippen LogP contribution in [0.5, 0.6) is 0 Å². The van der Waals surface area contributed by atoms with E-state index < -0.39 is 0 Å². The fourth-order valence-corrected chi connectivity index (χ4v) is 7.21. The van der Waals surface area contributed by atoms with Crippen LogP contribution in [0.2, 0.25) is 0 Å². The van der Waals surface area contributed by atoms with Gasteiger partial charge in [-0.25, -0.2) is 0 Å². The number of benzene rings is 7. The SMILES string of the molecule is c1ccc(-c2cccc(-c3c4ccccc4c(-c4cccc(-c5ccccc5)c4)c4cc(-c5ccc(-c6ccncc6)nc5)ccc34)c2)cc1. The molecule has 0 bridgehead atoms. The lowest BCUT2D eigenvalue weighted by Gasteiger charge is -2.19. The Kier molecular flexibility index (Phi) is 7.53. The van der Waals surface area contributed by atoms with Crippen LogP contribution >= 0.6 is 0 Å². The first-order valence-corrected chi connectivity index (χ1v) is 17.0. The highest BCUT2D eigenvalue weighted by Crippen LogP contribution is 2.46. The van der Waals surface area contributed by atoms with Gasteiger partial charge in [-0.15, -0.1) is 0 Å². The van der Waals surface area contributed by atoms with Crippen LogP contribution in [0.4, 0.5) is 0 Å². The molecule has 0 spiro atoms. The molecule has 0 aliphatic rings. The molecule has 0 atom stereocenters. The molecule has 9 aromatic rings. The Labute approximate surface area is 292 Å². The first-order valence-electron chi connectivity index (χ1n) is 17.0. The Hall–Kier alpha value is -6.64. The van der Waals surface area contributed by atoms with Crippen molar-refractivity contribution in [3.05, 3.63) is 195 Å². The molecule has 2 aromatic heterocycles. The largest absolute Gasteiger partial charge is 0.265 e. The maximum atomic E-state index is 4.86. The van der Waals surface area contributed by atoms with E-state index in [-0.39, 0.29) is 0 Å². The van der Waals surface area contributed by atoms with Gasteiger partial charge in [0, 0.05) is 29.7 Å². The summed E-state index contributed by atoms with van der Waals surface area (Å²) in [5.74, 6) is 0. The van der Waals surface area contributed by atoms with Gasteiger partial charge in [0.05, 0.1) is 5.69 Å². The van der Waals surface area contributed by atoms with E-state index in [2.05, 4.69) is 169 Å². The van der Waals surface area contributed by atoms with Crippen LogP contribution in [0.3, 0.4) is 0 Å². The normalized spacial score (nSPS) is 11.2. The van der Waals surface area contributed by atoms with E-state index in [0.717, 1.165) is 22.4 Å². The second kappa shape index (κ2) is 12.8. The van der Waals surface area contributed by atoms with E-state index in [9.17, 15) is 0 Å². The van der Waals surface area contributed by atoms with Gasteiger partial charge in [0.25, 0.3) is 0 Å². The van der Waals surface area contributed by atoms with Crippen molar-refractivity contribution < 1.29 is 0 Å². The van der Waals surface area contributed by atoms with Gasteiger partial charge < -0.3 is 0 Å². The van der Waals surface area contributed by atoms with Crippen LogP contribution in [-0.2, 0) is 0 Å². The summed E-state index contributed by atoms with van der Waals surface area (Å²) in [6.07, 6.45) is 5.60. The lowest BCUT2D eigenvalue weighted by molar-refractivity contribution is 1.29. The molecule has 7 aromatic carbocycles. The number of hydrogen-bond donors (Lipinski definition) is 0. The van der Waals surface area contributed by atoms with Crippen molar-refractivity contribution in [2.75, 3.05) is 0 Å². The number of hydrogen-bond acceptors (Lipinski definition) is 2. The lowest BCUT2D eigenvalue weighted by atomic mass is 9.84. The minimum atomic E-state index is 0.932. The van der Waals surface area contributed by atoms with Crippen molar-refractivity contribution in [1.82, 2.24) is 9.97 Å². The van der Waals surface area contributed by atoms with Gasteiger partial charge in [-0.3, -0.25) is 9.97 Å². The summed E-state index contributed by atoms with van der Waals surface area (Å²) in [5.41, 5.74) is 13.9. The Morgan fingerprint density at radius 2 is 0.760 bits per heavy atom. The van der Waals surface area contributed by atoms with Crippen LogP contribution in [0, 0.1) is 0 Å². The fourth-order valence-electron chi connectivity index (χ4n) is 7.21. The zero-order valence-corrected chi connectivity index (χ0v) is 27.4. The first-order chi connectivity index (χ1) is 24.8. The van der Waals surface area contributed by atoms with Gasteiger partial charge in [-0.05, 0) is 108 Å². The Morgan fingerprint density at radius 3 is 1.34 bits per heavy atom. The highest BCUT2D eigenvalue weighted by atomic mass is 14.7. The number of rotatable bonds is 6. The molecule has 0 saturated carbocycles. The van der Waals surface area contributed by atoms with E-state index in [1.807, 2.05) is 18.3 Å². The van der Waals surface area contributed by atoms with Crippen LogP contribution in [0.25, 0.3) is 88.4 Å². The third-order valence-electron chi connectivity index (χ3n) is 9.61. The second-order valence-corrected chi connectivity index (χ2v) is 12.6. The minimum absolute atomic E-state index is 0.932. The van der Waals surface area contributed by atoms with Gasteiger partial charge in [-0.1, -0.05) is 140 Å². The predicted molar refractivity (Wildman–Crippen MR) is 210 cm³/mol. The third-order valence-corrected chi connectivity index (χ3v) is 9.61. The summed E-state index contributed by atoms with van der Waals surface area (Å²) in [7, 11) is 0. The zero-order chi connectivity index (χ0) is 33.3. The van der Waals surface area contributed by atoms with Gasteiger partial charge in [0.2, 0.25) is 0 Å². The molecule has 2 heterocycles. The van der Waals surface area contributed by atoms with Gasteiger partial charge >= 0.3 is 0 Å². The van der Waals surface area contributed by atoms with Crippen molar-refractivity contribution in [1.29, 1.82) is 0 Å². The zero-order valence-electron chi connectivity index (χ0n) is 27.4. The Bertz CT molecular complexity index is 2610. The van der Waals surface area contributed by atoms with Crippen LogP contribution in [-0.4, -0.2) is 9.97 Å². The van der Waals surface area contributed by atoms with Crippen LogP contribution < -0.4 is 0 Å². The average molecular weight is 637 g/mol. The minimum Gasteiger partial charge on any atom is -0.265 e. The second-order valence-electron chi connectivity index (χ2n) is 12.6. The summed E-state index contributed by atoms with van der Waals surface area (Å²) < 4.78 is 0. The van der Waals surface area contributed by atoms with Gasteiger partial charge in [0.15, 0.2) is 0 Å². The van der Waals surface area contributed by atoms with E-state index in [1.165, 1.54) is 66.1 Å². The molecule has 0 unspecified atom stereocenters. The molecule has 0 N–H and O–H groups in total. The molecule has 0 aliphatic carbocycles. The smallest absolute Gasteiger partial charge is 0.0703 e. The highest BCUT2D eigenvalue weighted by Gasteiger charge is 2.18. The molecule has 50 heavy (non-hydrogen) atoms. The lowest BCUT2D eigenvalue weighted by Crippen LogP contribution is -1.93. The summed E-state index contributed by atoms with van der Waals surface area (Å²) in [6.45, 7) is 0. The quantitative estimate of drug-likeness (QED) is 0.170. The van der Waals surface area contributed by atoms with E-state index in [0.29, 0.717) is 0 Å². The maximum absolute atomic E-state index is 4.86. The monoisotopic (exact) mass is 636 g/mol. The van der Waals surface area contributed by atoms with Crippen molar-refractivity contribution >= 4 is 21.5 Å². The average Bonchev–Trinajstić information content (AvgIpc) is 3.21. The number of fused-ring (bicyclic) bond motifs is 2. The summed E-state index contributed by atoms with van der Waals surface area (Å²) in [4.78, 5) is 9.02. The van der Waals surface area contributed by atoms with Crippen molar-refractivity contribution in [3.8, 4) is 66.9 Å². The highest BCUT2D eigenvalue weighted by molar-refractivity contribution is 6.22. The van der Waals surface area contributed by atoms with E-state index in [4.69, 9.17) is 4.98 Å². The molecule has 0 fully saturated rings. The Morgan fingerprint density at radius 1 is 0.280 bits per heavy atom. The maximum Gasteiger partial charge on any atom is 0.0703 e. The molecule has 0 aliphatic heterocycles. The molecular formula is C48H32N2. The van der Waals surface area contributed by atoms with Crippen LogP contribution in [0.1, 0.15) is 0 Å². The first kappa shape index (κ1) is 29.5. The van der Waals surface area contributed by atoms with E-state index >= 15 is 0 Å². The van der Waals surface area contributed by atoms with E-state index in [1.54, 1.807) is 12.4 Å². The summed E-state index contributed by atoms with van der Waals surface area (Å²) in [5, 5.41) is 4.90. The molecule has 2 heteroatoms. The van der Waals surface area contributed by atoms with Crippen molar-refractivity contribution in [3.63, 3.8) is 0 Å². The number of nitrogens with zero attached hydrogens (tertiary/aromatic N) is 2. The molecule has 2 nitrogen and oxygen atoms in total. The number of pyridine rings is 2. The molecule has 9 rings (SSSR count). The van der Waals surface area contributed by atoms with Gasteiger partial charge in [0.1, 0.15) is 0 Å². The topological polar surface area (TPSA) is 25.8 Å². The van der Waals surface area contributed by atoms with Crippen molar-refractivity contribution in [2.24, 2.45) is 0 Å². The Balaban J connectivity index is 1.30. The van der Waals surface area contributed by atoms with Crippen molar-refractivity contribution in [2.45, 2.75) is 0 Å². The molecule has 0 radical (unpaired) electrons. The molecular weight excluding hydrogens is 605 g/mol. The summed E-state index contributed by atoms with van der Waals surface area (Å²) >= 11 is 0. The molecule has 0 amide bonds. The third kappa shape index (κ3) is 5.43.